The number of benzene rings is 3. The van der Waals surface area contributed by atoms with Crippen LogP contribution in [-0.4, -0.2) is 26.9 Å². The van der Waals surface area contributed by atoms with Crippen molar-refractivity contribution in [3.05, 3.63) is 97.1 Å². The van der Waals surface area contributed by atoms with Crippen molar-refractivity contribution < 1.29 is 9.15 Å². The fraction of sp³-hybridized carbons (Fsp3) is 0.0741. The van der Waals surface area contributed by atoms with Crippen molar-refractivity contribution in [1.29, 1.82) is 0 Å². The lowest BCUT2D eigenvalue weighted by molar-refractivity contribution is 0.415. The molecule has 0 aliphatic rings. The molecule has 0 saturated heterocycles. The van der Waals surface area contributed by atoms with Gasteiger partial charge in [-0.1, -0.05) is 36.4 Å². The summed E-state index contributed by atoms with van der Waals surface area (Å²) < 4.78 is 13.3. The Morgan fingerprint density at radius 1 is 0.939 bits per heavy atom. The number of rotatable bonds is 5. The average molecular weight is 432 g/mol. The molecule has 0 spiro atoms. The van der Waals surface area contributed by atoms with Gasteiger partial charge in [-0.3, -0.25) is 4.68 Å². The Hall–Kier alpha value is -4.45. The van der Waals surface area contributed by atoms with Gasteiger partial charge in [0.25, 0.3) is 0 Å². The molecular formula is C27H20N4O2. The minimum Gasteiger partial charge on any atom is -0.496 e. The van der Waals surface area contributed by atoms with E-state index in [1.165, 1.54) is 5.56 Å². The molecule has 33 heavy (non-hydrogen) atoms. The number of methoxy groups -OCH3 is 1. The third kappa shape index (κ3) is 3.42. The molecular weight excluding hydrogens is 412 g/mol. The van der Waals surface area contributed by atoms with E-state index in [0.717, 1.165) is 50.9 Å². The molecule has 0 radical (unpaired) electrons. The monoisotopic (exact) mass is 432 g/mol. The predicted molar refractivity (Wildman–Crippen MR) is 128 cm³/mol. The highest BCUT2D eigenvalue weighted by Crippen LogP contribution is 2.37. The Kier molecular flexibility index (Phi) is 4.61. The summed E-state index contributed by atoms with van der Waals surface area (Å²) in [5.41, 5.74) is 5.83. The van der Waals surface area contributed by atoms with Crippen LogP contribution in [0.5, 0.6) is 5.75 Å². The molecule has 3 aromatic heterocycles. The quantitative estimate of drug-likeness (QED) is 0.336. The summed E-state index contributed by atoms with van der Waals surface area (Å²) in [5, 5.41) is 6.61. The number of hydrogen-bond acceptors (Lipinski definition) is 5. The lowest BCUT2D eigenvalue weighted by Crippen LogP contribution is -2.00. The van der Waals surface area contributed by atoms with Crippen LogP contribution in [0.4, 0.5) is 0 Å². The largest absolute Gasteiger partial charge is 0.496 e. The van der Waals surface area contributed by atoms with Crippen LogP contribution in [-0.2, 0) is 6.54 Å². The summed E-state index contributed by atoms with van der Waals surface area (Å²) >= 11 is 0. The van der Waals surface area contributed by atoms with Gasteiger partial charge in [-0.2, -0.15) is 5.10 Å². The van der Waals surface area contributed by atoms with Gasteiger partial charge < -0.3 is 9.15 Å². The zero-order valence-corrected chi connectivity index (χ0v) is 18.0. The van der Waals surface area contributed by atoms with E-state index in [4.69, 9.17) is 9.15 Å². The lowest BCUT2D eigenvalue weighted by atomic mass is 10.0. The summed E-state index contributed by atoms with van der Waals surface area (Å²) in [4.78, 5) is 9.10. The third-order valence-corrected chi connectivity index (χ3v) is 5.83. The smallest absolute Gasteiger partial charge is 0.137 e. The van der Waals surface area contributed by atoms with Crippen LogP contribution >= 0.6 is 0 Å². The Morgan fingerprint density at radius 3 is 2.67 bits per heavy atom. The normalized spacial score (nSPS) is 11.3. The lowest BCUT2D eigenvalue weighted by Gasteiger charge is -2.11. The molecule has 0 atom stereocenters. The first-order chi connectivity index (χ1) is 16.3. The number of fused-ring (bicyclic) bond motifs is 2. The van der Waals surface area contributed by atoms with Gasteiger partial charge in [0.05, 0.1) is 48.4 Å². The maximum absolute atomic E-state index is 5.63. The van der Waals surface area contributed by atoms with Gasteiger partial charge in [0.15, 0.2) is 0 Å². The van der Waals surface area contributed by atoms with Crippen molar-refractivity contribution in [2.45, 2.75) is 6.54 Å². The van der Waals surface area contributed by atoms with Crippen molar-refractivity contribution in [3.63, 3.8) is 0 Å². The number of ether oxygens (including phenoxy) is 1. The molecule has 0 aliphatic heterocycles. The van der Waals surface area contributed by atoms with Crippen LogP contribution in [0, 0.1) is 0 Å². The number of hydrogen-bond donors (Lipinski definition) is 0. The van der Waals surface area contributed by atoms with Gasteiger partial charge in [-0.05, 0) is 35.9 Å². The molecule has 6 heteroatoms. The van der Waals surface area contributed by atoms with E-state index >= 15 is 0 Å². The van der Waals surface area contributed by atoms with Gasteiger partial charge in [0.2, 0.25) is 0 Å². The van der Waals surface area contributed by atoms with Gasteiger partial charge >= 0.3 is 0 Å². The molecule has 0 fully saturated rings. The van der Waals surface area contributed by atoms with Crippen LogP contribution in [0.3, 0.4) is 0 Å². The van der Waals surface area contributed by atoms with E-state index < -0.39 is 0 Å². The molecule has 160 valence electrons. The molecule has 0 aliphatic carbocycles. The number of furan rings is 1. The zero-order chi connectivity index (χ0) is 22.2. The maximum Gasteiger partial charge on any atom is 0.137 e. The van der Waals surface area contributed by atoms with Crippen LogP contribution in [0.15, 0.2) is 96.0 Å². The topological polar surface area (TPSA) is 66.0 Å². The van der Waals surface area contributed by atoms with Crippen molar-refractivity contribution in [2.75, 3.05) is 7.11 Å². The average Bonchev–Trinajstić information content (AvgIpc) is 3.54. The fourth-order valence-electron chi connectivity index (χ4n) is 4.22. The van der Waals surface area contributed by atoms with Crippen LogP contribution < -0.4 is 4.74 Å². The molecule has 0 amide bonds. The van der Waals surface area contributed by atoms with Gasteiger partial charge in [0.1, 0.15) is 17.8 Å². The van der Waals surface area contributed by atoms with Crippen molar-refractivity contribution >= 4 is 21.8 Å². The number of nitrogens with zero attached hydrogens (tertiary/aromatic N) is 4. The fourth-order valence-corrected chi connectivity index (χ4v) is 4.22. The summed E-state index contributed by atoms with van der Waals surface area (Å²) in [6.07, 6.45) is 5.15. The van der Waals surface area contributed by atoms with E-state index in [2.05, 4.69) is 45.4 Å². The van der Waals surface area contributed by atoms with Crippen LogP contribution in [0.25, 0.3) is 44.4 Å². The van der Waals surface area contributed by atoms with Crippen molar-refractivity contribution in [2.24, 2.45) is 0 Å². The molecule has 0 unspecified atom stereocenters. The second-order valence-electron chi connectivity index (χ2n) is 7.83. The Balaban J connectivity index is 1.46. The first-order valence-electron chi connectivity index (χ1n) is 10.7. The molecule has 6 nitrogen and oxygen atoms in total. The summed E-state index contributed by atoms with van der Waals surface area (Å²) in [7, 11) is 1.65. The van der Waals surface area contributed by atoms with Crippen LogP contribution in [0.1, 0.15) is 5.56 Å². The summed E-state index contributed by atoms with van der Waals surface area (Å²) in [6.45, 7) is 0.729. The Labute approximate surface area is 190 Å². The summed E-state index contributed by atoms with van der Waals surface area (Å²) in [6, 6.07) is 24.4. The van der Waals surface area contributed by atoms with E-state index in [1.807, 2.05) is 53.3 Å². The SMILES string of the molecule is COc1cc2ncnc(-c3ccc4c(cnn4Cc4ccccc4)c3)c2cc1-c1ccco1. The van der Waals surface area contributed by atoms with E-state index in [9.17, 15) is 0 Å². The highest BCUT2D eigenvalue weighted by Gasteiger charge is 2.15. The standard InChI is InChI=1S/C27H20N4O2/c1-32-26-14-23-21(13-22(26)25-8-5-11-33-25)27(29-17-28-23)19-9-10-24-20(12-19)15-30-31(24)16-18-6-3-2-4-7-18/h2-15,17H,16H2,1H3. The molecule has 6 rings (SSSR count). The van der Waals surface area contributed by atoms with E-state index in [0.29, 0.717) is 5.75 Å². The third-order valence-electron chi connectivity index (χ3n) is 5.83. The second-order valence-corrected chi connectivity index (χ2v) is 7.83. The van der Waals surface area contributed by atoms with E-state index in [-0.39, 0.29) is 0 Å². The predicted octanol–water partition coefficient (Wildman–Crippen LogP) is 5.96. The van der Waals surface area contributed by atoms with Gasteiger partial charge in [-0.15, -0.1) is 0 Å². The molecule has 0 saturated carbocycles. The maximum atomic E-state index is 5.63. The Bertz CT molecular complexity index is 1570. The first-order valence-corrected chi connectivity index (χ1v) is 10.7. The van der Waals surface area contributed by atoms with Crippen molar-refractivity contribution in [3.8, 4) is 28.3 Å². The minimum absolute atomic E-state index is 0.708. The second kappa shape index (κ2) is 7.91. The summed E-state index contributed by atoms with van der Waals surface area (Å²) in [5.74, 6) is 1.45. The Morgan fingerprint density at radius 2 is 1.85 bits per heavy atom. The van der Waals surface area contributed by atoms with Gasteiger partial charge in [0, 0.05) is 22.4 Å². The van der Waals surface area contributed by atoms with E-state index in [1.54, 1.807) is 19.7 Å². The highest BCUT2D eigenvalue weighted by molar-refractivity contribution is 5.98. The number of aromatic nitrogens is 4. The molecule has 6 aromatic rings. The molecule has 3 aromatic carbocycles. The van der Waals surface area contributed by atoms with Gasteiger partial charge in [-0.25, -0.2) is 9.97 Å². The van der Waals surface area contributed by atoms with Crippen LogP contribution in [0.2, 0.25) is 0 Å². The molecule has 0 bridgehead atoms. The molecule has 3 heterocycles. The van der Waals surface area contributed by atoms with Crippen molar-refractivity contribution in [1.82, 2.24) is 19.7 Å². The minimum atomic E-state index is 0.708. The molecule has 0 N–H and O–H groups in total. The first kappa shape index (κ1) is 19.3. The highest BCUT2D eigenvalue weighted by atomic mass is 16.5. The zero-order valence-electron chi connectivity index (χ0n) is 18.0.